The largest absolute Gasteiger partial charge is 0.255 e. The van der Waals surface area contributed by atoms with Gasteiger partial charge >= 0.3 is 0 Å². The number of benzene rings is 1. The summed E-state index contributed by atoms with van der Waals surface area (Å²) in [4.78, 5) is 0. The minimum Gasteiger partial charge on any atom is -0.255 e. The molecule has 70 valence electrons. The van der Waals surface area contributed by atoms with Gasteiger partial charge in [0.05, 0.1) is 0 Å². The van der Waals surface area contributed by atoms with Gasteiger partial charge in [-0.25, -0.2) is 0 Å². The summed E-state index contributed by atoms with van der Waals surface area (Å²) in [5, 5.41) is 1.94. The van der Waals surface area contributed by atoms with Gasteiger partial charge in [-0.3, -0.25) is 4.21 Å². The van der Waals surface area contributed by atoms with Crippen molar-refractivity contribution in [3.63, 3.8) is 0 Å². The van der Waals surface area contributed by atoms with Gasteiger partial charge in [0.1, 0.15) is 0 Å². The molecule has 0 saturated carbocycles. The van der Waals surface area contributed by atoms with Crippen LogP contribution in [0.2, 0.25) is 0 Å². The Morgan fingerprint density at radius 1 is 1.23 bits per heavy atom. The van der Waals surface area contributed by atoms with E-state index in [0.29, 0.717) is 0 Å². The molecule has 1 nitrogen and oxygen atoms in total. The third-order valence-electron chi connectivity index (χ3n) is 1.66. The van der Waals surface area contributed by atoms with E-state index < -0.39 is 10.8 Å². The Labute approximate surface area is 81.9 Å². The standard InChI is InChI=1S/C11H14OS/c1-10(2)13(12)9-8-11-6-4-3-5-7-11/h3-10H,1-2H3/t13-/m1/s1. The van der Waals surface area contributed by atoms with Gasteiger partial charge < -0.3 is 0 Å². The lowest BCUT2D eigenvalue weighted by Gasteiger charge is -1.97. The zero-order chi connectivity index (χ0) is 9.68. The van der Waals surface area contributed by atoms with Crippen molar-refractivity contribution < 1.29 is 4.21 Å². The van der Waals surface area contributed by atoms with E-state index in [1.807, 2.05) is 50.3 Å². The molecule has 0 aliphatic rings. The van der Waals surface area contributed by atoms with Gasteiger partial charge in [0.2, 0.25) is 0 Å². The number of rotatable bonds is 3. The van der Waals surface area contributed by atoms with Crippen LogP contribution in [-0.2, 0) is 10.8 Å². The first-order valence-corrected chi connectivity index (χ1v) is 5.60. The fourth-order valence-corrected chi connectivity index (χ4v) is 1.47. The smallest absolute Gasteiger partial charge is 0.0481 e. The molecule has 0 spiro atoms. The van der Waals surface area contributed by atoms with Gasteiger partial charge in [-0.15, -0.1) is 0 Å². The second kappa shape index (κ2) is 4.97. The van der Waals surface area contributed by atoms with Crippen molar-refractivity contribution in [2.24, 2.45) is 0 Å². The average Bonchev–Trinajstić information content (AvgIpc) is 2.15. The SMILES string of the molecule is CC(C)[S@](=O)C=Cc1ccccc1. The summed E-state index contributed by atoms with van der Waals surface area (Å²) in [6, 6.07) is 9.90. The molecule has 1 atom stereocenters. The lowest BCUT2D eigenvalue weighted by molar-refractivity contribution is 0.682. The minimum atomic E-state index is -0.853. The highest BCUT2D eigenvalue weighted by molar-refractivity contribution is 7.88. The van der Waals surface area contributed by atoms with E-state index >= 15 is 0 Å². The van der Waals surface area contributed by atoms with E-state index in [0.717, 1.165) is 5.56 Å². The summed E-state index contributed by atoms with van der Waals surface area (Å²) in [6.07, 6.45) is 1.90. The molecule has 0 amide bonds. The van der Waals surface area contributed by atoms with Crippen molar-refractivity contribution in [3.8, 4) is 0 Å². The zero-order valence-corrected chi connectivity index (χ0v) is 8.75. The van der Waals surface area contributed by atoms with Crippen LogP contribution in [0.3, 0.4) is 0 Å². The zero-order valence-electron chi connectivity index (χ0n) is 7.94. The van der Waals surface area contributed by atoms with Crippen molar-refractivity contribution in [1.82, 2.24) is 0 Å². The molecular weight excluding hydrogens is 180 g/mol. The van der Waals surface area contributed by atoms with Crippen LogP contribution < -0.4 is 0 Å². The second-order valence-electron chi connectivity index (χ2n) is 3.09. The van der Waals surface area contributed by atoms with Gasteiger partial charge in [-0.1, -0.05) is 44.2 Å². The second-order valence-corrected chi connectivity index (χ2v) is 4.96. The lowest BCUT2D eigenvalue weighted by atomic mass is 10.2. The van der Waals surface area contributed by atoms with Crippen LogP contribution in [0.15, 0.2) is 35.7 Å². The van der Waals surface area contributed by atoms with Crippen molar-refractivity contribution in [2.75, 3.05) is 0 Å². The van der Waals surface area contributed by atoms with Gasteiger partial charge in [0.25, 0.3) is 0 Å². The summed E-state index contributed by atoms with van der Waals surface area (Å²) < 4.78 is 11.3. The van der Waals surface area contributed by atoms with Crippen LogP contribution in [0.4, 0.5) is 0 Å². The molecule has 0 N–H and O–H groups in total. The van der Waals surface area contributed by atoms with Crippen LogP contribution in [0, 0.1) is 0 Å². The molecule has 0 bridgehead atoms. The molecule has 0 radical (unpaired) electrons. The first kappa shape index (κ1) is 10.2. The maximum absolute atomic E-state index is 11.3. The molecule has 0 unspecified atom stereocenters. The quantitative estimate of drug-likeness (QED) is 0.723. The third-order valence-corrected chi connectivity index (χ3v) is 2.99. The molecule has 0 aromatic heterocycles. The van der Waals surface area contributed by atoms with E-state index in [1.165, 1.54) is 0 Å². The molecule has 1 rings (SSSR count). The maximum atomic E-state index is 11.3. The van der Waals surface area contributed by atoms with Gasteiger partial charge in [-0.05, 0) is 11.6 Å². The maximum Gasteiger partial charge on any atom is 0.0481 e. The fraction of sp³-hybridized carbons (Fsp3) is 0.273. The molecule has 0 fully saturated rings. The lowest BCUT2D eigenvalue weighted by Crippen LogP contribution is -2.00. The van der Waals surface area contributed by atoms with Crippen LogP contribution in [0.5, 0.6) is 0 Å². The fourth-order valence-electron chi connectivity index (χ4n) is 0.867. The van der Waals surface area contributed by atoms with Gasteiger partial charge in [-0.2, -0.15) is 0 Å². The first-order chi connectivity index (χ1) is 6.20. The summed E-state index contributed by atoms with van der Waals surface area (Å²) in [7, 11) is -0.853. The highest BCUT2D eigenvalue weighted by Gasteiger charge is 1.98. The van der Waals surface area contributed by atoms with E-state index in [1.54, 1.807) is 5.41 Å². The molecular formula is C11H14OS. The Hall–Kier alpha value is -0.890. The van der Waals surface area contributed by atoms with Crippen molar-refractivity contribution in [3.05, 3.63) is 41.3 Å². The molecule has 2 heteroatoms. The molecule has 0 aliphatic heterocycles. The predicted octanol–water partition coefficient (Wildman–Crippen LogP) is 2.81. The topological polar surface area (TPSA) is 17.1 Å². The Kier molecular flexibility index (Phi) is 3.90. The molecule has 1 aromatic carbocycles. The van der Waals surface area contributed by atoms with Crippen LogP contribution in [0.25, 0.3) is 6.08 Å². The molecule has 0 heterocycles. The van der Waals surface area contributed by atoms with Crippen LogP contribution in [-0.4, -0.2) is 9.46 Å². The normalized spacial score (nSPS) is 13.8. The van der Waals surface area contributed by atoms with Crippen molar-refractivity contribution in [1.29, 1.82) is 0 Å². The van der Waals surface area contributed by atoms with Gasteiger partial charge in [0, 0.05) is 21.5 Å². The molecule has 13 heavy (non-hydrogen) atoms. The van der Waals surface area contributed by atoms with Crippen LogP contribution >= 0.6 is 0 Å². The monoisotopic (exact) mass is 194 g/mol. The summed E-state index contributed by atoms with van der Waals surface area (Å²) in [5.41, 5.74) is 1.09. The first-order valence-electron chi connectivity index (χ1n) is 4.33. The Balaban J connectivity index is 2.64. The summed E-state index contributed by atoms with van der Waals surface area (Å²) in [6.45, 7) is 3.90. The molecule has 0 aliphatic carbocycles. The molecule has 0 saturated heterocycles. The minimum absolute atomic E-state index is 0.194. The Morgan fingerprint density at radius 2 is 1.85 bits per heavy atom. The highest BCUT2D eigenvalue weighted by Crippen LogP contribution is 2.04. The number of hydrogen-bond donors (Lipinski definition) is 0. The van der Waals surface area contributed by atoms with E-state index in [-0.39, 0.29) is 5.25 Å². The van der Waals surface area contributed by atoms with Gasteiger partial charge in [0.15, 0.2) is 0 Å². The third kappa shape index (κ3) is 3.55. The Bertz CT molecular complexity index is 301. The molecule has 1 aromatic rings. The van der Waals surface area contributed by atoms with E-state index in [9.17, 15) is 4.21 Å². The Morgan fingerprint density at radius 3 is 2.38 bits per heavy atom. The van der Waals surface area contributed by atoms with Crippen molar-refractivity contribution >= 4 is 16.9 Å². The van der Waals surface area contributed by atoms with Crippen molar-refractivity contribution in [2.45, 2.75) is 19.1 Å². The van der Waals surface area contributed by atoms with Crippen LogP contribution in [0.1, 0.15) is 19.4 Å². The summed E-state index contributed by atoms with van der Waals surface area (Å²) >= 11 is 0. The van der Waals surface area contributed by atoms with E-state index in [4.69, 9.17) is 0 Å². The predicted molar refractivity (Wildman–Crippen MR) is 58.8 cm³/mol. The number of hydrogen-bond acceptors (Lipinski definition) is 1. The average molecular weight is 194 g/mol. The highest BCUT2D eigenvalue weighted by atomic mass is 32.2. The summed E-state index contributed by atoms with van der Waals surface area (Å²) in [5.74, 6) is 0. The van der Waals surface area contributed by atoms with E-state index in [2.05, 4.69) is 0 Å².